The second-order valence-corrected chi connectivity index (χ2v) is 9.69. The molecule has 1 N–H and O–H groups in total. The number of nitrogens with zero attached hydrogens (tertiary/aromatic N) is 3. The molecule has 1 unspecified atom stereocenters. The number of amides is 1. The van der Waals surface area contributed by atoms with Crippen molar-refractivity contribution in [3.05, 3.63) is 54.1 Å². The van der Waals surface area contributed by atoms with Crippen LogP contribution in [0.2, 0.25) is 0 Å². The zero-order valence-electron chi connectivity index (χ0n) is 18.5. The third-order valence-electron chi connectivity index (χ3n) is 5.73. The summed E-state index contributed by atoms with van der Waals surface area (Å²) >= 11 is 0. The van der Waals surface area contributed by atoms with E-state index in [0.717, 1.165) is 25.7 Å². The Morgan fingerprint density at radius 3 is 2.70 bits per heavy atom. The SMILES string of the molecule is CCC1CCCCN1S(=O)(=O)c1ccc(C(=O)Nc2nnc(-c3cccc(OC)c3)o2)cc1. The van der Waals surface area contributed by atoms with Crippen LogP contribution in [-0.4, -0.2) is 48.5 Å². The van der Waals surface area contributed by atoms with E-state index in [4.69, 9.17) is 9.15 Å². The van der Waals surface area contributed by atoms with Crippen LogP contribution in [0.1, 0.15) is 43.0 Å². The summed E-state index contributed by atoms with van der Waals surface area (Å²) in [5, 5.41) is 10.4. The average Bonchev–Trinajstić information content (AvgIpc) is 3.32. The van der Waals surface area contributed by atoms with Gasteiger partial charge < -0.3 is 9.15 Å². The van der Waals surface area contributed by atoms with E-state index >= 15 is 0 Å². The number of sulfonamides is 1. The summed E-state index contributed by atoms with van der Waals surface area (Å²) in [6.45, 7) is 2.53. The van der Waals surface area contributed by atoms with Crippen molar-refractivity contribution in [1.82, 2.24) is 14.5 Å². The Morgan fingerprint density at radius 1 is 1.18 bits per heavy atom. The van der Waals surface area contributed by atoms with Gasteiger partial charge >= 0.3 is 6.01 Å². The zero-order valence-corrected chi connectivity index (χ0v) is 19.3. The van der Waals surface area contributed by atoms with Crippen LogP contribution in [0.3, 0.4) is 0 Å². The predicted molar refractivity (Wildman–Crippen MR) is 123 cm³/mol. The minimum Gasteiger partial charge on any atom is -0.497 e. The first-order valence-electron chi connectivity index (χ1n) is 10.8. The number of anilines is 1. The fourth-order valence-electron chi connectivity index (χ4n) is 3.93. The van der Waals surface area contributed by atoms with Crippen LogP contribution in [0.25, 0.3) is 11.5 Å². The molecule has 9 nitrogen and oxygen atoms in total. The standard InChI is InChI=1S/C23H26N4O5S/c1-3-18-8-4-5-14-27(18)33(29,30)20-12-10-16(11-13-20)21(28)24-23-26-25-22(32-23)17-7-6-9-19(15-17)31-2/h6-7,9-13,15,18H,3-5,8,14H2,1-2H3,(H,24,26,28). The molecule has 174 valence electrons. The molecule has 0 saturated carbocycles. The number of carbonyl (C=O) groups is 1. The minimum atomic E-state index is -3.61. The van der Waals surface area contributed by atoms with Crippen molar-refractivity contribution in [3.8, 4) is 17.2 Å². The second-order valence-electron chi connectivity index (χ2n) is 7.80. The van der Waals surface area contributed by atoms with Crippen LogP contribution >= 0.6 is 0 Å². The minimum absolute atomic E-state index is 0.0167. The molecule has 10 heteroatoms. The van der Waals surface area contributed by atoms with Gasteiger partial charge in [-0.25, -0.2) is 8.42 Å². The summed E-state index contributed by atoms with van der Waals surface area (Å²) in [6, 6.07) is 12.9. The Balaban J connectivity index is 1.46. The first kappa shape index (κ1) is 22.9. The number of hydrogen-bond acceptors (Lipinski definition) is 7. The quantitative estimate of drug-likeness (QED) is 0.556. The topological polar surface area (TPSA) is 115 Å². The summed E-state index contributed by atoms with van der Waals surface area (Å²) in [5.74, 6) is 0.392. The summed E-state index contributed by atoms with van der Waals surface area (Å²) in [4.78, 5) is 12.8. The van der Waals surface area contributed by atoms with Crippen LogP contribution in [0.4, 0.5) is 6.01 Å². The van der Waals surface area contributed by atoms with E-state index < -0.39 is 15.9 Å². The molecule has 2 heterocycles. The molecule has 2 aromatic carbocycles. The smallest absolute Gasteiger partial charge is 0.322 e. The van der Waals surface area contributed by atoms with E-state index in [1.54, 1.807) is 35.7 Å². The summed E-state index contributed by atoms with van der Waals surface area (Å²) in [5.41, 5.74) is 0.931. The van der Waals surface area contributed by atoms with E-state index in [-0.39, 0.29) is 28.4 Å². The van der Waals surface area contributed by atoms with Gasteiger partial charge in [-0.2, -0.15) is 4.31 Å². The fraction of sp³-hybridized carbons (Fsp3) is 0.348. The third kappa shape index (κ3) is 4.91. The normalized spacial score (nSPS) is 17.0. The Morgan fingerprint density at radius 2 is 1.97 bits per heavy atom. The van der Waals surface area contributed by atoms with Crippen molar-refractivity contribution >= 4 is 21.9 Å². The lowest BCUT2D eigenvalue weighted by atomic mass is 10.0. The zero-order chi connectivity index (χ0) is 23.4. The van der Waals surface area contributed by atoms with Crippen molar-refractivity contribution in [2.45, 2.75) is 43.5 Å². The molecule has 3 aromatic rings. The van der Waals surface area contributed by atoms with Crippen LogP contribution in [0.5, 0.6) is 5.75 Å². The highest BCUT2D eigenvalue weighted by Gasteiger charge is 2.32. The van der Waals surface area contributed by atoms with Crippen LogP contribution < -0.4 is 10.1 Å². The maximum Gasteiger partial charge on any atom is 0.322 e. The van der Waals surface area contributed by atoms with Crippen molar-refractivity contribution in [2.24, 2.45) is 0 Å². The highest BCUT2D eigenvalue weighted by Crippen LogP contribution is 2.27. The molecule has 1 aromatic heterocycles. The highest BCUT2D eigenvalue weighted by atomic mass is 32.2. The lowest BCUT2D eigenvalue weighted by Crippen LogP contribution is -2.43. The van der Waals surface area contributed by atoms with Crippen molar-refractivity contribution in [1.29, 1.82) is 0 Å². The Labute approximate surface area is 192 Å². The summed E-state index contributed by atoms with van der Waals surface area (Å²) in [7, 11) is -2.05. The van der Waals surface area contributed by atoms with Gasteiger partial charge in [-0.05, 0) is 61.7 Å². The van der Waals surface area contributed by atoms with Crippen LogP contribution in [0, 0.1) is 0 Å². The van der Waals surface area contributed by atoms with E-state index in [1.807, 2.05) is 6.92 Å². The van der Waals surface area contributed by atoms with Crippen LogP contribution in [-0.2, 0) is 10.0 Å². The van der Waals surface area contributed by atoms with Crippen LogP contribution in [0.15, 0.2) is 57.8 Å². The largest absolute Gasteiger partial charge is 0.497 e. The Bertz CT molecular complexity index is 1220. The number of benzene rings is 2. The highest BCUT2D eigenvalue weighted by molar-refractivity contribution is 7.89. The lowest BCUT2D eigenvalue weighted by molar-refractivity contribution is 0.102. The van der Waals surface area contributed by atoms with Gasteiger partial charge in [0.1, 0.15) is 5.75 Å². The molecule has 0 aliphatic carbocycles. The molecule has 4 rings (SSSR count). The molecular formula is C23H26N4O5S. The first-order valence-corrected chi connectivity index (χ1v) is 12.3. The maximum absolute atomic E-state index is 13.1. The summed E-state index contributed by atoms with van der Waals surface area (Å²) < 4.78 is 38.5. The number of aromatic nitrogens is 2. The van der Waals surface area contributed by atoms with E-state index in [1.165, 1.54) is 24.3 Å². The molecule has 1 aliphatic rings. The molecule has 0 bridgehead atoms. The number of hydrogen-bond donors (Lipinski definition) is 1. The molecule has 1 fully saturated rings. The fourth-order valence-corrected chi connectivity index (χ4v) is 5.70. The van der Waals surface area contributed by atoms with Gasteiger partial charge in [-0.1, -0.05) is 24.5 Å². The van der Waals surface area contributed by atoms with Gasteiger partial charge in [-0.3, -0.25) is 10.1 Å². The maximum atomic E-state index is 13.1. The monoisotopic (exact) mass is 470 g/mol. The molecular weight excluding hydrogens is 444 g/mol. The average molecular weight is 471 g/mol. The van der Waals surface area contributed by atoms with E-state index in [9.17, 15) is 13.2 Å². The van der Waals surface area contributed by atoms with Gasteiger partial charge in [0, 0.05) is 23.7 Å². The number of carbonyl (C=O) groups excluding carboxylic acids is 1. The molecule has 1 atom stereocenters. The Hall–Kier alpha value is -3.24. The van der Waals surface area contributed by atoms with Gasteiger partial charge in [0.2, 0.25) is 15.9 Å². The second kappa shape index (κ2) is 9.72. The number of piperidine rings is 1. The molecule has 0 spiro atoms. The van der Waals surface area contributed by atoms with Crippen molar-refractivity contribution in [3.63, 3.8) is 0 Å². The molecule has 0 radical (unpaired) electrons. The number of ether oxygens (including phenoxy) is 1. The van der Waals surface area contributed by atoms with Gasteiger partial charge in [0.05, 0.1) is 12.0 Å². The summed E-state index contributed by atoms with van der Waals surface area (Å²) in [6.07, 6.45) is 3.55. The number of methoxy groups -OCH3 is 1. The predicted octanol–water partition coefficient (Wildman–Crippen LogP) is 3.95. The number of nitrogens with one attached hydrogen (secondary N) is 1. The lowest BCUT2D eigenvalue weighted by Gasteiger charge is -2.34. The van der Waals surface area contributed by atoms with Crippen molar-refractivity contribution < 1.29 is 22.4 Å². The van der Waals surface area contributed by atoms with Crippen molar-refractivity contribution in [2.75, 3.05) is 19.0 Å². The van der Waals surface area contributed by atoms with Gasteiger partial charge in [-0.15, -0.1) is 5.10 Å². The molecule has 33 heavy (non-hydrogen) atoms. The first-order chi connectivity index (χ1) is 15.9. The van der Waals surface area contributed by atoms with E-state index in [2.05, 4.69) is 15.5 Å². The number of rotatable bonds is 7. The molecule has 1 saturated heterocycles. The van der Waals surface area contributed by atoms with Gasteiger partial charge in [0.25, 0.3) is 5.91 Å². The third-order valence-corrected chi connectivity index (χ3v) is 7.70. The molecule has 1 amide bonds. The Kier molecular flexibility index (Phi) is 6.75. The van der Waals surface area contributed by atoms with E-state index in [0.29, 0.717) is 17.9 Å². The molecule has 1 aliphatic heterocycles. The van der Waals surface area contributed by atoms with Gasteiger partial charge in [0.15, 0.2) is 0 Å².